The van der Waals surface area contributed by atoms with E-state index in [1.165, 1.54) is 65.3 Å². The molecular weight excluding hydrogens is 508 g/mol. The first-order valence-electron chi connectivity index (χ1n) is 14.4. The van der Waals surface area contributed by atoms with Crippen LogP contribution in [-0.2, 0) is 0 Å². The van der Waals surface area contributed by atoms with Gasteiger partial charge in [-0.3, -0.25) is 0 Å². The molecule has 9 rings (SSSR count). The van der Waals surface area contributed by atoms with Gasteiger partial charge in [-0.25, -0.2) is 0 Å². The number of anilines is 4. The van der Waals surface area contributed by atoms with Gasteiger partial charge in [-0.05, 0) is 67.7 Å². The Balaban J connectivity index is 1.32. The van der Waals surface area contributed by atoms with Gasteiger partial charge < -0.3 is 10.6 Å². The summed E-state index contributed by atoms with van der Waals surface area (Å²) in [5, 5.41) is 17.8. The van der Waals surface area contributed by atoms with Crippen LogP contribution >= 0.6 is 0 Å². The Labute approximate surface area is 243 Å². The summed E-state index contributed by atoms with van der Waals surface area (Å²) in [6, 6.07) is 52.7. The van der Waals surface area contributed by atoms with E-state index >= 15 is 0 Å². The van der Waals surface area contributed by atoms with Crippen molar-refractivity contribution in [3.8, 4) is 22.3 Å². The first-order chi connectivity index (χ1) is 20.8. The van der Waals surface area contributed by atoms with Crippen LogP contribution in [0.25, 0.3) is 65.3 Å². The summed E-state index contributed by atoms with van der Waals surface area (Å²) >= 11 is 0. The zero-order valence-electron chi connectivity index (χ0n) is 22.9. The highest BCUT2D eigenvalue weighted by molar-refractivity contribution is 6.18. The van der Waals surface area contributed by atoms with Crippen LogP contribution in [0.4, 0.5) is 22.7 Å². The van der Waals surface area contributed by atoms with Crippen molar-refractivity contribution < 1.29 is 0 Å². The molecule has 0 bridgehead atoms. The molecule has 0 saturated heterocycles. The average molecular weight is 535 g/mol. The van der Waals surface area contributed by atoms with Crippen molar-refractivity contribution >= 4 is 65.8 Å². The first-order valence-corrected chi connectivity index (χ1v) is 14.4. The van der Waals surface area contributed by atoms with Crippen molar-refractivity contribution in [2.75, 3.05) is 10.6 Å². The second kappa shape index (κ2) is 8.95. The van der Waals surface area contributed by atoms with Gasteiger partial charge in [0.1, 0.15) is 0 Å². The molecule has 42 heavy (non-hydrogen) atoms. The molecule has 1 aliphatic heterocycles. The lowest BCUT2D eigenvalue weighted by Gasteiger charge is -2.30. The second-order valence-corrected chi connectivity index (χ2v) is 11.2. The van der Waals surface area contributed by atoms with Crippen LogP contribution in [0.3, 0.4) is 0 Å². The van der Waals surface area contributed by atoms with Crippen LogP contribution in [0, 0.1) is 0 Å². The Bertz CT molecular complexity index is 2200. The lowest BCUT2D eigenvalue weighted by Crippen LogP contribution is -2.10. The molecule has 196 valence electrons. The molecule has 0 fully saturated rings. The minimum atomic E-state index is 1.11. The van der Waals surface area contributed by atoms with Gasteiger partial charge in [-0.1, -0.05) is 121 Å². The van der Waals surface area contributed by atoms with Crippen molar-refractivity contribution in [2.45, 2.75) is 0 Å². The molecule has 1 heterocycles. The summed E-state index contributed by atoms with van der Waals surface area (Å²) in [6.07, 6.45) is 0. The minimum Gasteiger partial charge on any atom is -0.351 e. The van der Waals surface area contributed by atoms with Crippen LogP contribution in [-0.4, -0.2) is 0 Å². The average Bonchev–Trinajstić information content (AvgIpc) is 3.06. The SMILES string of the molecule is c1ccc2cc(-c3cc4ccccc4c4c3Nc3c(c(-c5ccc6ccccc6c5)cc5ccccc35)N4)ccc2c1. The summed E-state index contributed by atoms with van der Waals surface area (Å²) in [6.45, 7) is 0. The second-order valence-electron chi connectivity index (χ2n) is 11.2. The van der Waals surface area contributed by atoms with E-state index < -0.39 is 0 Å². The molecule has 8 aromatic carbocycles. The molecule has 0 atom stereocenters. The zero-order valence-corrected chi connectivity index (χ0v) is 22.9. The van der Waals surface area contributed by atoms with Gasteiger partial charge in [-0.2, -0.15) is 0 Å². The number of hydrogen-bond acceptors (Lipinski definition) is 2. The van der Waals surface area contributed by atoms with Gasteiger partial charge in [0.15, 0.2) is 0 Å². The Kier molecular flexibility index (Phi) is 4.93. The van der Waals surface area contributed by atoms with E-state index in [9.17, 15) is 0 Å². The normalized spacial score (nSPS) is 12.2. The van der Waals surface area contributed by atoms with E-state index in [4.69, 9.17) is 0 Å². The number of hydrogen-bond donors (Lipinski definition) is 2. The van der Waals surface area contributed by atoms with E-state index in [0.29, 0.717) is 0 Å². The highest BCUT2D eigenvalue weighted by Crippen LogP contribution is 2.52. The molecule has 0 aromatic heterocycles. The number of rotatable bonds is 2. The van der Waals surface area contributed by atoms with Crippen molar-refractivity contribution in [2.24, 2.45) is 0 Å². The number of fused-ring (bicyclic) bond motifs is 8. The molecule has 0 saturated carbocycles. The maximum absolute atomic E-state index is 3.98. The third-order valence-corrected chi connectivity index (χ3v) is 8.72. The Morgan fingerprint density at radius 2 is 0.667 bits per heavy atom. The molecule has 8 aromatic rings. The van der Waals surface area contributed by atoms with Crippen molar-refractivity contribution in [1.29, 1.82) is 0 Å². The van der Waals surface area contributed by atoms with Crippen molar-refractivity contribution in [3.63, 3.8) is 0 Å². The molecule has 2 heteroatoms. The number of nitrogens with one attached hydrogen (secondary N) is 2. The van der Waals surface area contributed by atoms with Crippen LogP contribution in [0.15, 0.2) is 146 Å². The number of benzene rings is 8. The molecular formula is C40H26N2. The summed E-state index contributed by atoms with van der Waals surface area (Å²) in [7, 11) is 0. The highest BCUT2D eigenvalue weighted by atomic mass is 15.0. The van der Waals surface area contributed by atoms with Crippen molar-refractivity contribution in [3.05, 3.63) is 146 Å². The predicted molar refractivity (Wildman–Crippen MR) is 180 cm³/mol. The molecule has 1 aliphatic rings. The molecule has 2 N–H and O–H groups in total. The third-order valence-electron chi connectivity index (χ3n) is 8.72. The molecule has 0 unspecified atom stereocenters. The van der Waals surface area contributed by atoms with Gasteiger partial charge in [0.2, 0.25) is 0 Å². The topological polar surface area (TPSA) is 24.1 Å². The van der Waals surface area contributed by atoms with E-state index in [0.717, 1.165) is 22.7 Å². The molecule has 0 aliphatic carbocycles. The van der Waals surface area contributed by atoms with Crippen LogP contribution in [0.1, 0.15) is 0 Å². The van der Waals surface area contributed by atoms with Crippen LogP contribution in [0.2, 0.25) is 0 Å². The van der Waals surface area contributed by atoms with E-state index in [-0.39, 0.29) is 0 Å². The zero-order chi connectivity index (χ0) is 27.6. The third kappa shape index (κ3) is 3.52. The first kappa shape index (κ1) is 23.1. The summed E-state index contributed by atoms with van der Waals surface area (Å²) in [5.74, 6) is 0. The fourth-order valence-electron chi connectivity index (χ4n) is 6.63. The van der Waals surface area contributed by atoms with Gasteiger partial charge in [0.25, 0.3) is 0 Å². The lowest BCUT2D eigenvalue weighted by molar-refractivity contribution is 1.48. The minimum absolute atomic E-state index is 1.11. The quantitative estimate of drug-likeness (QED) is 0.230. The standard InChI is InChI=1S/C40H26N2/c1-3-11-27-21-31(19-17-25(27)9-1)35-23-29-13-5-7-15-33(29)37-39(35)41-38-34-16-8-6-14-30(34)24-36(40(38)42-37)32-20-18-26-10-2-4-12-28(26)22-32/h1-24,41-42H. The lowest BCUT2D eigenvalue weighted by atomic mass is 9.91. The fourth-order valence-corrected chi connectivity index (χ4v) is 6.63. The van der Waals surface area contributed by atoms with E-state index in [2.05, 4.69) is 156 Å². The van der Waals surface area contributed by atoms with Gasteiger partial charge in [-0.15, -0.1) is 0 Å². The Morgan fingerprint density at radius 3 is 1.12 bits per heavy atom. The largest absolute Gasteiger partial charge is 0.351 e. The Morgan fingerprint density at radius 1 is 0.286 bits per heavy atom. The molecule has 0 amide bonds. The maximum atomic E-state index is 3.98. The monoisotopic (exact) mass is 534 g/mol. The van der Waals surface area contributed by atoms with Crippen LogP contribution in [0.5, 0.6) is 0 Å². The molecule has 2 nitrogen and oxygen atoms in total. The van der Waals surface area contributed by atoms with E-state index in [1.807, 2.05) is 0 Å². The molecule has 0 spiro atoms. The van der Waals surface area contributed by atoms with Crippen LogP contribution < -0.4 is 10.6 Å². The Hall–Kier alpha value is -5.60. The molecule has 0 radical (unpaired) electrons. The van der Waals surface area contributed by atoms with E-state index in [1.54, 1.807) is 0 Å². The fraction of sp³-hybridized carbons (Fsp3) is 0. The predicted octanol–water partition coefficient (Wildman–Crippen LogP) is 11.4. The van der Waals surface area contributed by atoms with Gasteiger partial charge >= 0.3 is 0 Å². The summed E-state index contributed by atoms with van der Waals surface area (Å²) in [5.41, 5.74) is 9.21. The van der Waals surface area contributed by atoms with Gasteiger partial charge in [0.05, 0.1) is 22.7 Å². The summed E-state index contributed by atoms with van der Waals surface area (Å²) in [4.78, 5) is 0. The smallest absolute Gasteiger partial charge is 0.0710 e. The highest BCUT2D eigenvalue weighted by Gasteiger charge is 2.25. The maximum Gasteiger partial charge on any atom is 0.0710 e. The summed E-state index contributed by atoms with van der Waals surface area (Å²) < 4.78 is 0. The van der Waals surface area contributed by atoms with Gasteiger partial charge in [0, 0.05) is 21.9 Å². The van der Waals surface area contributed by atoms with Crippen molar-refractivity contribution in [1.82, 2.24) is 0 Å².